The largest absolute Gasteiger partial charge is 0.507 e. The first-order chi connectivity index (χ1) is 18.3. The third kappa shape index (κ3) is 6.89. The smallest absolute Gasteiger partial charge is 0.123 e. The number of aromatic hydroxyl groups is 1. The van der Waals surface area contributed by atoms with E-state index in [4.69, 9.17) is 14.2 Å². The van der Waals surface area contributed by atoms with Gasteiger partial charge in [-0.05, 0) is 59.3 Å². The van der Waals surface area contributed by atoms with Crippen molar-refractivity contribution in [2.75, 3.05) is 26.3 Å². The van der Waals surface area contributed by atoms with Gasteiger partial charge in [0.15, 0.2) is 0 Å². The lowest BCUT2D eigenvalue weighted by molar-refractivity contribution is 0.0106. The zero-order chi connectivity index (χ0) is 25.3. The van der Waals surface area contributed by atoms with E-state index in [9.17, 15) is 5.11 Å². The first-order valence-corrected chi connectivity index (χ1v) is 13.1. The number of phenols is 1. The van der Waals surface area contributed by atoms with Crippen molar-refractivity contribution >= 4 is 10.8 Å². The van der Waals surface area contributed by atoms with Gasteiger partial charge in [0.1, 0.15) is 11.5 Å². The minimum Gasteiger partial charge on any atom is -0.507 e. The molecule has 1 aliphatic rings. The molecule has 0 bridgehead atoms. The molecule has 0 spiro atoms. The summed E-state index contributed by atoms with van der Waals surface area (Å²) in [5.41, 5.74) is 3.53. The van der Waals surface area contributed by atoms with Crippen LogP contribution >= 0.6 is 0 Å². The normalized spacial score (nSPS) is 17.6. The Morgan fingerprint density at radius 2 is 1.68 bits per heavy atom. The fourth-order valence-corrected chi connectivity index (χ4v) is 4.91. The minimum atomic E-state index is 0.0855. The van der Waals surface area contributed by atoms with Crippen LogP contribution in [0.15, 0.2) is 91.0 Å². The Morgan fingerprint density at radius 3 is 2.54 bits per heavy atom. The van der Waals surface area contributed by atoms with E-state index in [2.05, 4.69) is 47.8 Å². The maximum Gasteiger partial charge on any atom is 0.123 e. The van der Waals surface area contributed by atoms with Crippen molar-refractivity contribution in [2.45, 2.75) is 38.1 Å². The van der Waals surface area contributed by atoms with Crippen LogP contribution in [0.3, 0.4) is 0 Å². The summed E-state index contributed by atoms with van der Waals surface area (Å²) in [4.78, 5) is 0. The number of hydrogen-bond donors (Lipinski definition) is 2. The molecule has 0 aliphatic carbocycles. The molecule has 0 radical (unpaired) electrons. The summed E-state index contributed by atoms with van der Waals surface area (Å²) in [7, 11) is 0. The first-order valence-electron chi connectivity index (χ1n) is 13.1. The Bertz CT molecular complexity index is 1260. The fourth-order valence-electron chi connectivity index (χ4n) is 4.91. The van der Waals surface area contributed by atoms with Gasteiger partial charge in [0, 0.05) is 24.3 Å². The Labute approximate surface area is 219 Å². The molecule has 192 valence electrons. The maximum absolute atomic E-state index is 10.2. The monoisotopic (exact) mass is 497 g/mol. The average molecular weight is 498 g/mol. The SMILES string of the molecule is Oc1cccc2ccc(COC3CNCCC3c3ccc(OCCCOCc4ccccc4)cc3)cc12. The van der Waals surface area contributed by atoms with Gasteiger partial charge in [0.05, 0.1) is 32.5 Å². The van der Waals surface area contributed by atoms with Crippen LogP contribution in [0.1, 0.15) is 35.4 Å². The molecule has 2 N–H and O–H groups in total. The molecule has 2 atom stereocenters. The molecule has 1 heterocycles. The summed E-state index contributed by atoms with van der Waals surface area (Å²) >= 11 is 0. The van der Waals surface area contributed by atoms with Gasteiger partial charge in [-0.25, -0.2) is 0 Å². The Hall–Kier alpha value is -3.38. The van der Waals surface area contributed by atoms with Crippen molar-refractivity contribution in [1.29, 1.82) is 0 Å². The molecule has 2 unspecified atom stereocenters. The standard InChI is InChI=1S/C32H35NO4/c34-31-9-4-8-26-11-10-25(20-30(26)31)23-37-32-21-33-17-16-29(32)27-12-14-28(15-13-27)36-19-5-18-35-22-24-6-2-1-3-7-24/h1-4,6-15,20,29,32-34H,5,16-19,21-23H2. The van der Waals surface area contributed by atoms with Crippen LogP contribution in [0.4, 0.5) is 0 Å². The highest BCUT2D eigenvalue weighted by Crippen LogP contribution is 2.31. The molecular formula is C32H35NO4. The molecule has 0 aromatic heterocycles. The number of fused-ring (bicyclic) bond motifs is 1. The van der Waals surface area contributed by atoms with E-state index in [-0.39, 0.29) is 6.10 Å². The molecule has 1 aliphatic heterocycles. The van der Waals surface area contributed by atoms with Gasteiger partial charge in [0.2, 0.25) is 0 Å². The van der Waals surface area contributed by atoms with Gasteiger partial charge in [-0.1, -0.05) is 66.7 Å². The van der Waals surface area contributed by atoms with Crippen molar-refractivity contribution < 1.29 is 19.3 Å². The number of rotatable bonds is 11. The van der Waals surface area contributed by atoms with Crippen molar-refractivity contribution in [2.24, 2.45) is 0 Å². The van der Waals surface area contributed by atoms with Crippen LogP contribution < -0.4 is 10.1 Å². The number of hydrogen-bond acceptors (Lipinski definition) is 5. The quantitative estimate of drug-likeness (QED) is 0.242. The van der Waals surface area contributed by atoms with Crippen molar-refractivity contribution in [1.82, 2.24) is 5.32 Å². The molecule has 5 heteroatoms. The predicted molar refractivity (Wildman–Crippen MR) is 147 cm³/mol. The number of phenolic OH excluding ortho intramolecular Hbond substituents is 1. The van der Waals surface area contributed by atoms with Crippen LogP contribution in [0.5, 0.6) is 11.5 Å². The third-order valence-electron chi connectivity index (χ3n) is 6.94. The third-order valence-corrected chi connectivity index (χ3v) is 6.94. The van der Waals surface area contributed by atoms with Crippen LogP contribution in [0.25, 0.3) is 10.8 Å². The Balaban J connectivity index is 1.10. The van der Waals surface area contributed by atoms with E-state index < -0.39 is 0 Å². The van der Waals surface area contributed by atoms with E-state index in [1.807, 2.05) is 42.5 Å². The highest BCUT2D eigenvalue weighted by Gasteiger charge is 2.27. The highest BCUT2D eigenvalue weighted by atomic mass is 16.5. The first kappa shape index (κ1) is 25.3. The van der Waals surface area contributed by atoms with Crippen LogP contribution in [-0.4, -0.2) is 37.5 Å². The lowest BCUT2D eigenvalue weighted by atomic mass is 9.87. The van der Waals surface area contributed by atoms with Crippen molar-refractivity contribution in [3.05, 3.63) is 108 Å². The molecular weight excluding hydrogens is 462 g/mol. The van der Waals surface area contributed by atoms with Crippen LogP contribution in [0, 0.1) is 0 Å². The second-order valence-corrected chi connectivity index (χ2v) is 9.59. The minimum absolute atomic E-state index is 0.0855. The summed E-state index contributed by atoms with van der Waals surface area (Å²) in [6, 6.07) is 30.4. The van der Waals surface area contributed by atoms with Gasteiger partial charge in [-0.3, -0.25) is 0 Å². The Kier molecular flexibility index (Phi) is 8.70. The predicted octanol–water partition coefficient (Wildman–Crippen LogP) is 6.19. The van der Waals surface area contributed by atoms with E-state index >= 15 is 0 Å². The molecule has 5 rings (SSSR count). The van der Waals surface area contributed by atoms with Crippen molar-refractivity contribution in [3.8, 4) is 11.5 Å². The summed E-state index contributed by atoms with van der Waals surface area (Å²) in [6.07, 6.45) is 1.97. The summed E-state index contributed by atoms with van der Waals surface area (Å²) in [5, 5.41) is 15.6. The lowest BCUT2D eigenvalue weighted by Gasteiger charge is -2.32. The van der Waals surface area contributed by atoms with E-state index in [0.717, 1.165) is 48.0 Å². The number of benzene rings is 4. The van der Waals surface area contributed by atoms with Gasteiger partial charge >= 0.3 is 0 Å². The molecule has 1 saturated heterocycles. The molecule has 4 aromatic rings. The molecule has 4 aromatic carbocycles. The second-order valence-electron chi connectivity index (χ2n) is 9.59. The second kappa shape index (κ2) is 12.7. The summed E-state index contributed by atoms with van der Waals surface area (Å²) in [6.45, 7) is 4.27. The molecule has 0 saturated carbocycles. The van der Waals surface area contributed by atoms with E-state index in [1.165, 1.54) is 11.1 Å². The topological polar surface area (TPSA) is 60.0 Å². The van der Waals surface area contributed by atoms with Gasteiger partial charge in [-0.2, -0.15) is 0 Å². The average Bonchev–Trinajstić information content (AvgIpc) is 2.95. The zero-order valence-corrected chi connectivity index (χ0v) is 21.1. The van der Waals surface area contributed by atoms with Gasteiger partial charge in [0.25, 0.3) is 0 Å². The Morgan fingerprint density at radius 1 is 0.811 bits per heavy atom. The molecule has 5 nitrogen and oxygen atoms in total. The summed E-state index contributed by atoms with van der Waals surface area (Å²) in [5.74, 6) is 1.52. The van der Waals surface area contributed by atoms with E-state index in [1.54, 1.807) is 6.07 Å². The number of nitrogens with one attached hydrogen (secondary N) is 1. The van der Waals surface area contributed by atoms with E-state index in [0.29, 0.717) is 38.1 Å². The number of ether oxygens (including phenoxy) is 3. The lowest BCUT2D eigenvalue weighted by Crippen LogP contribution is -2.40. The van der Waals surface area contributed by atoms with Crippen molar-refractivity contribution in [3.63, 3.8) is 0 Å². The maximum atomic E-state index is 10.2. The van der Waals surface area contributed by atoms with Gasteiger partial charge < -0.3 is 24.6 Å². The zero-order valence-electron chi connectivity index (χ0n) is 21.1. The van der Waals surface area contributed by atoms with Crippen LogP contribution in [0.2, 0.25) is 0 Å². The van der Waals surface area contributed by atoms with Crippen LogP contribution in [-0.2, 0) is 22.7 Å². The summed E-state index contributed by atoms with van der Waals surface area (Å²) < 4.78 is 18.1. The molecule has 1 fully saturated rings. The fraction of sp³-hybridized carbons (Fsp3) is 0.312. The molecule has 0 amide bonds. The highest BCUT2D eigenvalue weighted by molar-refractivity contribution is 5.88. The molecule has 37 heavy (non-hydrogen) atoms. The number of piperidine rings is 1. The van der Waals surface area contributed by atoms with Gasteiger partial charge in [-0.15, -0.1) is 0 Å².